The van der Waals surface area contributed by atoms with Crippen LogP contribution in [0.15, 0.2) is 21.9 Å². The molecule has 8 heteroatoms. The van der Waals surface area contributed by atoms with E-state index in [1.165, 1.54) is 0 Å². The van der Waals surface area contributed by atoms with E-state index in [9.17, 15) is 9.90 Å². The molecule has 0 bridgehead atoms. The van der Waals surface area contributed by atoms with Crippen LogP contribution in [0.4, 0.5) is 0 Å². The zero-order valence-corrected chi connectivity index (χ0v) is 15.2. The van der Waals surface area contributed by atoms with E-state index in [1.807, 2.05) is 12.3 Å². The van der Waals surface area contributed by atoms with Gasteiger partial charge in [-0.25, -0.2) is 4.98 Å². The number of β-amino-alcohol motifs (C(OH)–C–C–N with tert-alkyl or cyclic N) is 1. The third kappa shape index (κ3) is 4.66. The molecule has 1 fully saturated rings. The van der Waals surface area contributed by atoms with Gasteiger partial charge in [-0.2, -0.15) is 0 Å². The maximum absolute atomic E-state index is 12.3. The number of hydrogen-bond donors (Lipinski definition) is 2. The summed E-state index contributed by atoms with van der Waals surface area (Å²) in [4.78, 5) is 18.9. The van der Waals surface area contributed by atoms with Crippen LogP contribution in [-0.2, 0) is 17.9 Å². The van der Waals surface area contributed by atoms with E-state index < -0.39 is 6.10 Å². The number of ether oxygens (including phenoxy) is 1. The minimum absolute atomic E-state index is 0.236. The number of aliphatic hydroxyl groups excluding tert-OH is 1. The quantitative estimate of drug-likeness (QED) is 0.808. The zero-order valence-electron chi connectivity index (χ0n) is 14.4. The molecule has 7 nitrogen and oxygen atoms in total. The Labute approximate surface area is 150 Å². The molecule has 0 aliphatic carbocycles. The lowest BCUT2D eigenvalue weighted by Crippen LogP contribution is -2.53. The number of aromatic nitrogens is 1. The molecule has 3 heterocycles. The highest BCUT2D eigenvalue weighted by Crippen LogP contribution is 2.17. The zero-order chi connectivity index (χ0) is 17.8. The van der Waals surface area contributed by atoms with Crippen molar-refractivity contribution >= 4 is 17.2 Å². The first-order valence-electron chi connectivity index (χ1n) is 8.25. The summed E-state index contributed by atoms with van der Waals surface area (Å²) in [6.07, 6.45) is 0.0626. The summed E-state index contributed by atoms with van der Waals surface area (Å²) in [6.45, 7) is 4.34. The molecular formula is C17H23N3O4S. The van der Waals surface area contributed by atoms with Crippen LogP contribution in [0.2, 0.25) is 0 Å². The fourth-order valence-electron chi connectivity index (χ4n) is 2.98. The number of carbonyl (C=O) groups is 1. The second-order valence-electron chi connectivity index (χ2n) is 6.23. The number of rotatable bonds is 6. The predicted molar refractivity (Wildman–Crippen MR) is 93.4 cm³/mol. The predicted octanol–water partition coefficient (Wildman–Crippen LogP) is 1.56. The SMILES string of the molecule is COCc1ccc(C(=O)N[C@@H]2CCN(Cc3csc(C)n3)C[C@H]2O)o1. The van der Waals surface area contributed by atoms with Crippen molar-refractivity contribution in [1.82, 2.24) is 15.2 Å². The van der Waals surface area contributed by atoms with Crippen molar-refractivity contribution < 1.29 is 19.1 Å². The summed E-state index contributed by atoms with van der Waals surface area (Å²) in [5.74, 6) is 0.524. The Morgan fingerprint density at radius 2 is 2.40 bits per heavy atom. The summed E-state index contributed by atoms with van der Waals surface area (Å²) in [5, 5.41) is 16.3. The van der Waals surface area contributed by atoms with E-state index in [1.54, 1.807) is 30.6 Å². The second kappa shape index (κ2) is 8.09. The summed E-state index contributed by atoms with van der Waals surface area (Å²) >= 11 is 1.63. The number of aryl methyl sites for hydroxylation is 1. The molecule has 3 rings (SSSR count). The number of furan rings is 1. The Morgan fingerprint density at radius 3 is 3.08 bits per heavy atom. The average molecular weight is 365 g/mol. The van der Waals surface area contributed by atoms with Gasteiger partial charge in [0.15, 0.2) is 5.76 Å². The van der Waals surface area contributed by atoms with Gasteiger partial charge in [-0.3, -0.25) is 9.69 Å². The molecule has 0 spiro atoms. The van der Waals surface area contributed by atoms with Crippen LogP contribution >= 0.6 is 11.3 Å². The van der Waals surface area contributed by atoms with Crippen LogP contribution in [0, 0.1) is 6.92 Å². The van der Waals surface area contributed by atoms with E-state index in [2.05, 4.69) is 15.2 Å². The standard InChI is InChI=1S/C17H23N3O4S/c1-11-18-12(10-25-11)7-20-6-5-14(15(21)8-20)19-17(22)16-4-3-13(24-16)9-23-2/h3-4,10,14-15,21H,5-9H2,1-2H3,(H,19,22)/t14-,15-/m1/s1. The molecule has 1 amide bonds. The first kappa shape index (κ1) is 18.1. The minimum atomic E-state index is -0.620. The van der Waals surface area contributed by atoms with Gasteiger partial charge in [0.2, 0.25) is 0 Å². The van der Waals surface area contributed by atoms with Crippen LogP contribution in [0.3, 0.4) is 0 Å². The third-order valence-electron chi connectivity index (χ3n) is 4.21. The molecule has 25 heavy (non-hydrogen) atoms. The highest BCUT2D eigenvalue weighted by molar-refractivity contribution is 7.09. The lowest BCUT2D eigenvalue weighted by molar-refractivity contribution is 0.0338. The molecule has 2 aromatic rings. The van der Waals surface area contributed by atoms with Crippen LogP contribution in [0.1, 0.15) is 33.4 Å². The van der Waals surface area contributed by atoms with Crippen molar-refractivity contribution in [2.24, 2.45) is 0 Å². The number of aliphatic hydroxyl groups is 1. The van der Waals surface area contributed by atoms with Crippen molar-refractivity contribution in [2.75, 3.05) is 20.2 Å². The molecule has 0 radical (unpaired) electrons. The average Bonchev–Trinajstić information content (AvgIpc) is 3.20. The number of likely N-dealkylation sites (tertiary alicyclic amines) is 1. The van der Waals surface area contributed by atoms with Crippen LogP contribution in [0.25, 0.3) is 0 Å². The molecule has 2 aromatic heterocycles. The van der Waals surface area contributed by atoms with Gasteiger partial charge >= 0.3 is 0 Å². The van der Waals surface area contributed by atoms with Crippen LogP contribution in [-0.4, -0.2) is 53.2 Å². The lowest BCUT2D eigenvalue weighted by Gasteiger charge is -2.35. The van der Waals surface area contributed by atoms with E-state index in [0.29, 0.717) is 25.3 Å². The molecular weight excluding hydrogens is 342 g/mol. The maximum atomic E-state index is 12.3. The van der Waals surface area contributed by atoms with Gasteiger partial charge < -0.3 is 19.6 Å². The number of methoxy groups -OCH3 is 1. The monoisotopic (exact) mass is 365 g/mol. The van der Waals surface area contributed by atoms with Gasteiger partial charge in [0, 0.05) is 32.1 Å². The molecule has 2 N–H and O–H groups in total. The first-order chi connectivity index (χ1) is 12.0. The molecule has 136 valence electrons. The largest absolute Gasteiger partial charge is 0.453 e. The fourth-order valence-corrected chi connectivity index (χ4v) is 3.58. The van der Waals surface area contributed by atoms with Gasteiger partial charge in [0.25, 0.3) is 5.91 Å². The fraction of sp³-hybridized carbons (Fsp3) is 0.529. The topological polar surface area (TPSA) is 87.8 Å². The van der Waals surface area contributed by atoms with Crippen molar-refractivity contribution in [2.45, 2.75) is 38.6 Å². The summed E-state index contributed by atoms with van der Waals surface area (Å²) in [7, 11) is 1.57. The molecule has 2 atom stereocenters. The molecule has 0 aromatic carbocycles. The maximum Gasteiger partial charge on any atom is 0.287 e. The van der Waals surface area contributed by atoms with Crippen LogP contribution in [0.5, 0.6) is 0 Å². The summed E-state index contributed by atoms with van der Waals surface area (Å²) in [6, 6.07) is 3.06. The molecule has 0 unspecified atom stereocenters. The number of nitrogens with one attached hydrogen (secondary N) is 1. The number of thiazole rings is 1. The van der Waals surface area contributed by atoms with Gasteiger partial charge in [0.05, 0.1) is 22.8 Å². The van der Waals surface area contributed by atoms with Gasteiger partial charge in [0.1, 0.15) is 12.4 Å². The number of hydrogen-bond acceptors (Lipinski definition) is 7. The lowest BCUT2D eigenvalue weighted by atomic mass is 10.0. The Balaban J connectivity index is 1.51. The van der Waals surface area contributed by atoms with Gasteiger partial charge in [-0.05, 0) is 25.5 Å². The van der Waals surface area contributed by atoms with Crippen molar-refractivity contribution in [3.63, 3.8) is 0 Å². The second-order valence-corrected chi connectivity index (χ2v) is 7.29. The summed E-state index contributed by atoms with van der Waals surface area (Å²) < 4.78 is 10.4. The Hall–Kier alpha value is -1.74. The highest BCUT2D eigenvalue weighted by Gasteiger charge is 2.30. The van der Waals surface area contributed by atoms with Crippen molar-refractivity contribution in [3.8, 4) is 0 Å². The summed E-state index contributed by atoms with van der Waals surface area (Å²) in [5.41, 5.74) is 1.03. The Kier molecular flexibility index (Phi) is 5.85. The number of amides is 1. The number of piperidine rings is 1. The van der Waals surface area contributed by atoms with E-state index in [-0.39, 0.29) is 17.7 Å². The van der Waals surface area contributed by atoms with Crippen molar-refractivity contribution in [1.29, 1.82) is 0 Å². The van der Waals surface area contributed by atoms with Crippen molar-refractivity contribution in [3.05, 3.63) is 39.7 Å². The van der Waals surface area contributed by atoms with Gasteiger partial charge in [-0.1, -0.05) is 0 Å². The molecule has 1 aliphatic heterocycles. The smallest absolute Gasteiger partial charge is 0.287 e. The highest BCUT2D eigenvalue weighted by atomic mass is 32.1. The number of nitrogens with zero attached hydrogens (tertiary/aromatic N) is 2. The van der Waals surface area contributed by atoms with Crippen LogP contribution < -0.4 is 5.32 Å². The van der Waals surface area contributed by atoms with E-state index in [4.69, 9.17) is 9.15 Å². The van der Waals surface area contributed by atoms with Gasteiger partial charge in [-0.15, -0.1) is 11.3 Å². The Bertz CT molecular complexity index is 714. The number of carbonyl (C=O) groups excluding carboxylic acids is 1. The normalized spacial score (nSPS) is 21.4. The molecule has 1 saturated heterocycles. The van der Waals surface area contributed by atoms with E-state index >= 15 is 0 Å². The Morgan fingerprint density at radius 1 is 1.56 bits per heavy atom. The first-order valence-corrected chi connectivity index (χ1v) is 9.13. The minimum Gasteiger partial charge on any atom is -0.453 e. The molecule has 1 aliphatic rings. The third-order valence-corrected chi connectivity index (χ3v) is 5.03. The van der Waals surface area contributed by atoms with E-state index in [0.717, 1.165) is 23.8 Å². The molecule has 0 saturated carbocycles.